The van der Waals surface area contributed by atoms with Crippen molar-refractivity contribution >= 4 is 22.6 Å². The maximum absolute atomic E-state index is 12.6. The van der Waals surface area contributed by atoms with Crippen LogP contribution in [-0.2, 0) is 0 Å². The van der Waals surface area contributed by atoms with Gasteiger partial charge in [-0.2, -0.15) is 4.39 Å². The van der Waals surface area contributed by atoms with Crippen molar-refractivity contribution in [2.24, 2.45) is 0 Å². The summed E-state index contributed by atoms with van der Waals surface area (Å²) in [6, 6.07) is 6.01. The Morgan fingerprint density at radius 1 is 1.00 bits per heavy atom. The van der Waals surface area contributed by atoms with Crippen LogP contribution in [0.15, 0.2) is 24.3 Å². The Morgan fingerprint density at radius 2 is 1.67 bits per heavy atom. The molecule has 0 spiro atoms. The number of pyridine rings is 2. The van der Waals surface area contributed by atoms with E-state index in [1.807, 2.05) is 0 Å². The van der Waals surface area contributed by atoms with E-state index in [0.717, 1.165) is 0 Å². The summed E-state index contributed by atoms with van der Waals surface area (Å²) in [6.45, 7) is 0. The van der Waals surface area contributed by atoms with Crippen molar-refractivity contribution in [2.45, 2.75) is 0 Å². The monoisotopic (exact) mass is 182 g/mol. The smallest absolute Gasteiger partial charge is 0.213 e. The first-order valence-electron chi connectivity index (χ1n) is 3.34. The number of aromatic nitrogens is 2. The van der Waals surface area contributed by atoms with Crippen molar-refractivity contribution in [3.05, 3.63) is 35.4 Å². The maximum Gasteiger partial charge on any atom is 0.213 e. The van der Waals surface area contributed by atoms with Gasteiger partial charge in [0.05, 0.1) is 11.0 Å². The van der Waals surface area contributed by atoms with Gasteiger partial charge in [-0.1, -0.05) is 11.6 Å². The Labute approximate surface area is 73.0 Å². The molecule has 2 rings (SSSR count). The molecule has 2 heterocycles. The highest BCUT2D eigenvalue weighted by Crippen LogP contribution is 2.13. The minimum atomic E-state index is -0.508. The fraction of sp³-hybridized carbons (Fsp3) is 0. The SMILES string of the molecule is Fc1ccc2nc(Cl)ccc2n1. The van der Waals surface area contributed by atoms with Gasteiger partial charge in [-0.3, -0.25) is 0 Å². The number of halogens is 2. The highest BCUT2D eigenvalue weighted by molar-refractivity contribution is 6.29. The zero-order valence-corrected chi connectivity index (χ0v) is 6.72. The normalized spacial score (nSPS) is 10.5. The number of hydrogen-bond donors (Lipinski definition) is 0. The van der Waals surface area contributed by atoms with Crippen molar-refractivity contribution in [3.63, 3.8) is 0 Å². The van der Waals surface area contributed by atoms with Gasteiger partial charge in [0.2, 0.25) is 5.95 Å². The molecule has 0 aliphatic heterocycles. The number of fused-ring (bicyclic) bond motifs is 1. The largest absolute Gasteiger partial charge is 0.234 e. The van der Waals surface area contributed by atoms with Crippen LogP contribution < -0.4 is 0 Å². The molecule has 4 heteroatoms. The summed E-state index contributed by atoms with van der Waals surface area (Å²) in [5, 5.41) is 0.385. The minimum Gasteiger partial charge on any atom is -0.234 e. The van der Waals surface area contributed by atoms with Gasteiger partial charge < -0.3 is 0 Å². The van der Waals surface area contributed by atoms with Gasteiger partial charge in [0.1, 0.15) is 5.15 Å². The topological polar surface area (TPSA) is 25.8 Å². The highest BCUT2D eigenvalue weighted by atomic mass is 35.5. The number of rotatable bonds is 0. The maximum atomic E-state index is 12.6. The first-order chi connectivity index (χ1) is 5.75. The van der Waals surface area contributed by atoms with E-state index in [1.165, 1.54) is 6.07 Å². The third kappa shape index (κ3) is 1.23. The average Bonchev–Trinajstić information content (AvgIpc) is 2.05. The lowest BCUT2D eigenvalue weighted by Crippen LogP contribution is -1.86. The summed E-state index contributed by atoms with van der Waals surface area (Å²) in [4.78, 5) is 7.58. The third-order valence-corrected chi connectivity index (χ3v) is 1.68. The summed E-state index contributed by atoms with van der Waals surface area (Å²) in [6.07, 6.45) is 0. The predicted molar refractivity (Wildman–Crippen MR) is 44.5 cm³/mol. The van der Waals surface area contributed by atoms with Crippen LogP contribution in [0, 0.1) is 5.95 Å². The Kier molecular flexibility index (Phi) is 1.66. The summed E-state index contributed by atoms with van der Waals surface area (Å²) in [5.41, 5.74) is 1.11. The third-order valence-electron chi connectivity index (χ3n) is 1.47. The quantitative estimate of drug-likeness (QED) is 0.585. The standard InChI is InChI=1S/C8H4ClFN2/c9-7-3-1-6-5(11-7)2-4-8(10)12-6/h1-4H. The van der Waals surface area contributed by atoms with Gasteiger partial charge in [0, 0.05) is 0 Å². The lowest BCUT2D eigenvalue weighted by molar-refractivity contribution is 0.589. The molecule has 0 aromatic carbocycles. The van der Waals surface area contributed by atoms with Crippen LogP contribution >= 0.6 is 11.6 Å². The first-order valence-corrected chi connectivity index (χ1v) is 3.72. The molecule has 0 amide bonds. The zero-order valence-electron chi connectivity index (χ0n) is 5.96. The molecule has 0 saturated heterocycles. The summed E-state index contributed by atoms with van der Waals surface area (Å²) in [7, 11) is 0. The van der Waals surface area contributed by atoms with Crippen molar-refractivity contribution in [3.8, 4) is 0 Å². The number of hydrogen-bond acceptors (Lipinski definition) is 2. The lowest BCUT2D eigenvalue weighted by Gasteiger charge is -1.95. The molecule has 2 aromatic heterocycles. The van der Waals surface area contributed by atoms with Crippen LogP contribution in [0.1, 0.15) is 0 Å². The van der Waals surface area contributed by atoms with Crippen LogP contribution in [0.5, 0.6) is 0 Å². The second-order valence-corrected chi connectivity index (χ2v) is 2.69. The Balaban J connectivity index is 2.79. The summed E-state index contributed by atoms with van der Waals surface area (Å²) < 4.78 is 12.6. The van der Waals surface area contributed by atoms with E-state index in [-0.39, 0.29) is 0 Å². The molecule has 0 aliphatic rings. The van der Waals surface area contributed by atoms with Crippen molar-refractivity contribution < 1.29 is 4.39 Å². The van der Waals surface area contributed by atoms with E-state index in [4.69, 9.17) is 11.6 Å². The zero-order chi connectivity index (χ0) is 8.55. The van der Waals surface area contributed by atoms with Gasteiger partial charge in [0.25, 0.3) is 0 Å². The molecule has 12 heavy (non-hydrogen) atoms. The molecule has 60 valence electrons. The van der Waals surface area contributed by atoms with E-state index < -0.39 is 5.95 Å². The molecule has 0 unspecified atom stereocenters. The molecular weight excluding hydrogens is 179 g/mol. The van der Waals surface area contributed by atoms with Crippen molar-refractivity contribution in [1.82, 2.24) is 9.97 Å². The van der Waals surface area contributed by atoms with E-state index in [9.17, 15) is 4.39 Å². The van der Waals surface area contributed by atoms with E-state index in [0.29, 0.717) is 16.2 Å². The second-order valence-electron chi connectivity index (χ2n) is 2.31. The molecule has 0 fully saturated rings. The fourth-order valence-corrected chi connectivity index (χ4v) is 1.11. The second kappa shape index (κ2) is 2.68. The summed E-state index contributed by atoms with van der Waals surface area (Å²) >= 11 is 5.63. The van der Waals surface area contributed by atoms with Gasteiger partial charge >= 0.3 is 0 Å². The van der Waals surface area contributed by atoms with E-state index >= 15 is 0 Å². The van der Waals surface area contributed by atoms with E-state index in [1.54, 1.807) is 18.2 Å². The molecule has 0 bridgehead atoms. The van der Waals surface area contributed by atoms with Gasteiger partial charge in [-0.15, -0.1) is 0 Å². The molecule has 0 aliphatic carbocycles. The van der Waals surface area contributed by atoms with Gasteiger partial charge in [0.15, 0.2) is 0 Å². The summed E-state index contributed by atoms with van der Waals surface area (Å²) in [5.74, 6) is -0.508. The lowest BCUT2D eigenvalue weighted by atomic mass is 10.3. The van der Waals surface area contributed by atoms with Crippen LogP contribution in [0.25, 0.3) is 11.0 Å². The number of nitrogens with zero attached hydrogens (tertiary/aromatic N) is 2. The Morgan fingerprint density at radius 3 is 2.50 bits per heavy atom. The predicted octanol–water partition coefficient (Wildman–Crippen LogP) is 2.42. The molecule has 0 N–H and O–H groups in total. The average molecular weight is 183 g/mol. The Hall–Kier alpha value is -1.22. The van der Waals surface area contributed by atoms with Crippen LogP contribution in [0.4, 0.5) is 4.39 Å². The van der Waals surface area contributed by atoms with Crippen LogP contribution in [0.2, 0.25) is 5.15 Å². The first kappa shape index (κ1) is 7.43. The van der Waals surface area contributed by atoms with Crippen molar-refractivity contribution in [2.75, 3.05) is 0 Å². The van der Waals surface area contributed by atoms with Crippen LogP contribution in [-0.4, -0.2) is 9.97 Å². The van der Waals surface area contributed by atoms with Crippen molar-refractivity contribution in [1.29, 1.82) is 0 Å². The molecule has 2 aromatic rings. The van der Waals surface area contributed by atoms with Gasteiger partial charge in [-0.25, -0.2) is 9.97 Å². The minimum absolute atomic E-state index is 0.385. The molecule has 0 saturated carbocycles. The molecule has 0 atom stereocenters. The van der Waals surface area contributed by atoms with Gasteiger partial charge in [-0.05, 0) is 24.3 Å². The van der Waals surface area contributed by atoms with Crippen LogP contribution in [0.3, 0.4) is 0 Å². The molecule has 0 radical (unpaired) electrons. The highest BCUT2D eigenvalue weighted by Gasteiger charge is 1.98. The molecule has 2 nitrogen and oxygen atoms in total. The molecular formula is C8H4ClFN2. The fourth-order valence-electron chi connectivity index (χ4n) is 0.960. The Bertz CT molecular complexity index is 389. The van der Waals surface area contributed by atoms with E-state index in [2.05, 4.69) is 9.97 Å².